The molecular weight excluding hydrogens is 257 g/mol. The predicted molar refractivity (Wildman–Crippen MR) is 77.1 cm³/mol. The molecule has 1 aliphatic rings. The van der Waals surface area contributed by atoms with Gasteiger partial charge in [-0.05, 0) is 38.0 Å². The van der Waals surface area contributed by atoms with Crippen molar-refractivity contribution in [2.45, 2.75) is 45.1 Å². The largest absolute Gasteiger partial charge is 0.508 e. The third-order valence-electron chi connectivity index (χ3n) is 4.49. The van der Waals surface area contributed by atoms with Crippen LogP contribution in [0, 0.1) is 11.2 Å². The molecule has 0 saturated heterocycles. The fourth-order valence-corrected chi connectivity index (χ4v) is 3.04. The van der Waals surface area contributed by atoms with Gasteiger partial charge in [0.1, 0.15) is 11.6 Å². The smallest absolute Gasteiger partial charge is 0.123 e. The van der Waals surface area contributed by atoms with Crippen molar-refractivity contribution in [2.24, 2.45) is 5.41 Å². The highest BCUT2D eigenvalue weighted by Gasteiger charge is 2.31. The van der Waals surface area contributed by atoms with Crippen LogP contribution in [0.25, 0.3) is 0 Å². The van der Waals surface area contributed by atoms with Crippen LogP contribution < -0.4 is 5.32 Å². The van der Waals surface area contributed by atoms with E-state index in [1.165, 1.54) is 24.6 Å². The summed E-state index contributed by atoms with van der Waals surface area (Å²) in [6, 6.07) is 3.85. The van der Waals surface area contributed by atoms with Gasteiger partial charge in [0.25, 0.3) is 0 Å². The Labute approximate surface area is 119 Å². The van der Waals surface area contributed by atoms with Gasteiger partial charge in [-0.25, -0.2) is 4.39 Å². The van der Waals surface area contributed by atoms with E-state index >= 15 is 0 Å². The molecule has 112 valence electrons. The topological polar surface area (TPSA) is 52.5 Å². The average Bonchev–Trinajstić information content (AvgIpc) is 2.48. The van der Waals surface area contributed by atoms with E-state index in [2.05, 4.69) is 5.32 Å². The van der Waals surface area contributed by atoms with Crippen molar-refractivity contribution in [3.63, 3.8) is 0 Å². The van der Waals surface area contributed by atoms with E-state index in [4.69, 9.17) is 0 Å². The molecule has 0 bridgehead atoms. The van der Waals surface area contributed by atoms with Gasteiger partial charge in [-0.3, -0.25) is 0 Å². The molecule has 2 rings (SSSR count). The Morgan fingerprint density at radius 2 is 2.00 bits per heavy atom. The van der Waals surface area contributed by atoms with Crippen molar-refractivity contribution in [1.82, 2.24) is 5.32 Å². The number of aliphatic hydroxyl groups excluding tert-OH is 1. The van der Waals surface area contributed by atoms with Gasteiger partial charge in [-0.15, -0.1) is 0 Å². The molecule has 1 atom stereocenters. The molecule has 3 nitrogen and oxygen atoms in total. The molecule has 1 aliphatic carbocycles. The maximum absolute atomic E-state index is 13.3. The first kappa shape index (κ1) is 15.3. The van der Waals surface area contributed by atoms with E-state index in [0.29, 0.717) is 12.1 Å². The lowest BCUT2D eigenvalue weighted by Crippen LogP contribution is -2.40. The number of halogens is 1. The third kappa shape index (κ3) is 3.49. The van der Waals surface area contributed by atoms with Gasteiger partial charge in [-0.2, -0.15) is 0 Å². The normalized spacial score (nSPS) is 19.8. The van der Waals surface area contributed by atoms with Gasteiger partial charge in [0.2, 0.25) is 0 Å². The Morgan fingerprint density at radius 3 is 2.65 bits per heavy atom. The minimum absolute atomic E-state index is 0.0601. The Morgan fingerprint density at radius 1 is 1.30 bits per heavy atom. The van der Waals surface area contributed by atoms with E-state index in [1.807, 2.05) is 6.92 Å². The molecule has 1 aromatic carbocycles. The first-order valence-corrected chi connectivity index (χ1v) is 7.39. The quantitative estimate of drug-likeness (QED) is 0.777. The fourth-order valence-electron chi connectivity index (χ4n) is 3.04. The van der Waals surface area contributed by atoms with Crippen LogP contribution >= 0.6 is 0 Å². The number of phenolic OH excluding ortho intramolecular Hbond substituents is 1. The van der Waals surface area contributed by atoms with Gasteiger partial charge in [0.15, 0.2) is 0 Å². The molecule has 4 heteroatoms. The lowest BCUT2D eigenvalue weighted by molar-refractivity contribution is 0.0788. The molecule has 0 heterocycles. The molecule has 0 aromatic heterocycles. The summed E-state index contributed by atoms with van der Waals surface area (Å²) in [4.78, 5) is 0. The van der Waals surface area contributed by atoms with Gasteiger partial charge in [0.05, 0.1) is 0 Å². The molecule has 1 fully saturated rings. The number of phenols is 1. The summed E-state index contributed by atoms with van der Waals surface area (Å²) in [5.74, 6) is -0.242. The highest BCUT2D eigenvalue weighted by Crippen LogP contribution is 2.36. The molecule has 0 radical (unpaired) electrons. The van der Waals surface area contributed by atoms with Crippen molar-refractivity contribution < 1.29 is 14.6 Å². The van der Waals surface area contributed by atoms with Crippen molar-refractivity contribution in [2.75, 3.05) is 13.2 Å². The first-order chi connectivity index (χ1) is 9.56. The monoisotopic (exact) mass is 281 g/mol. The molecule has 1 aromatic rings. The number of hydrogen-bond donors (Lipinski definition) is 3. The summed E-state index contributed by atoms with van der Waals surface area (Å²) in [5.41, 5.74) is 0.504. The van der Waals surface area contributed by atoms with Crippen LogP contribution in [0.4, 0.5) is 4.39 Å². The summed E-state index contributed by atoms with van der Waals surface area (Å²) in [5, 5.41) is 22.8. The van der Waals surface area contributed by atoms with Gasteiger partial charge in [0, 0.05) is 30.2 Å². The van der Waals surface area contributed by atoms with Crippen LogP contribution in [-0.2, 0) is 0 Å². The zero-order valence-electron chi connectivity index (χ0n) is 12.0. The van der Waals surface area contributed by atoms with E-state index in [9.17, 15) is 14.6 Å². The number of hydrogen-bond acceptors (Lipinski definition) is 3. The lowest BCUT2D eigenvalue weighted by atomic mass is 9.74. The fraction of sp³-hybridized carbons (Fsp3) is 0.625. The SMILES string of the molecule is CC(NCC1(CO)CCCCC1)c1cc(F)ccc1O. The maximum Gasteiger partial charge on any atom is 0.123 e. The molecule has 0 spiro atoms. The van der Waals surface area contributed by atoms with Gasteiger partial charge >= 0.3 is 0 Å². The highest BCUT2D eigenvalue weighted by molar-refractivity contribution is 5.34. The number of benzene rings is 1. The molecule has 0 aliphatic heterocycles. The minimum Gasteiger partial charge on any atom is -0.508 e. The zero-order chi connectivity index (χ0) is 14.6. The van der Waals surface area contributed by atoms with Crippen molar-refractivity contribution in [3.8, 4) is 5.75 Å². The van der Waals surface area contributed by atoms with Crippen molar-refractivity contribution in [3.05, 3.63) is 29.6 Å². The van der Waals surface area contributed by atoms with E-state index < -0.39 is 0 Å². The lowest BCUT2D eigenvalue weighted by Gasteiger charge is -2.36. The highest BCUT2D eigenvalue weighted by atomic mass is 19.1. The van der Waals surface area contributed by atoms with E-state index in [-0.39, 0.29) is 29.6 Å². The Kier molecular flexibility index (Phi) is 5.00. The second kappa shape index (κ2) is 6.55. The molecule has 20 heavy (non-hydrogen) atoms. The van der Waals surface area contributed by atoms with Gasteiger partial charge < -0.3 is 15.5 Å². The molecular formula is C16H24FNO2. The number of rotatable bonds is 5. The molecule has 0 amide bonds. The Hall–Kier alpha value is -1.13. The van der Waals surface area contributed by atoms with Crippen LogP contribution in [0.15, 0.2) is 18.2 Å². The summed E-state index contributed by atoms with van der Waals surface area (Å²) in [7, 11) is 0. The first-order valence-electron chi connectivity index (χ1n) is 7.39. The number of aliphatic hydroxyl groups is 1. The standard InChI is InChI=1S/C16H24FNO2/c1-12(14-9-13(17)5-6-15(14)20)18-10-16(11-19)7-3-2-4-8-16/h5-6,9,12,18-20H,2-4,7-8,10-11H2,1H3. The van der Waals surface area contributed by atoms with Crippen molar-refractivity contribution >= 4 is 0 Å². The van der Waals surface area contributed by atoms with Crippen LogP contribution in [0.2, 0.25) is 0 Å². The van der Waals surface area contributed by atoms with Crippen LogP contribution in [-0.4, -0.2) is 23.4 Å². The Balaban J connectivity index is 2.00. The van der Waals surface area contributed by atoms with E-state index in [1.54, 1.807) is 0 Å². The molecule has 1 saturated carbocycles. The van der Waals surface area contributed by atoms with Crippen molar-refractivity contribution in [1.29, 1.82) is 0 Å². The average molecular weight is 281 g/mol. The van der Waals surface area contributed by atoms with Gasteiger partial charge in [-0.1, -0.05) is 19.3 Å². The van der Waals surface area contributed by atoms with Crippen LogP contribution in [0.5, 0.6) is 5.75 Å². The predicted octanol–water partition coefficient (Wildman–Crippen LogP) is 3.12. The number of aromatic hydroxyl groups is 1. The van der Waals surface area contributed by atoms with Crippen LogP contribution in [0.1, 0.15) is 50.6 Å². The second-order valence-corrected chi connectivity index (χ2v) is 6.02. The number of nitrogens with one attached hydrogen (secondary N) is 1. The van der Waals surface area contributed by atoms with E-state index in [0.717, 1.165) is 25.7 Å². The third-order valence-corrected chi connectivity index (χ3v) is 4.49. The molecule has 3 N–H and O–H groups in total. The summed E-state index contributed by atoms with van der Waals surface area (Å²) < 4.78 is 13.3. The second-order valence-electron chi connectivity index (χ2n) is 6.02. The summed E-state index contributed by atoms with van der Waals surface area (Å²) >= 11 is 0. The zero-order valence-corrected chi connectivity index (χ0v) is 12.0. The summed E-state index contributed by atoms with van der Waals surface area (Å²) in [6.45, 7) is 2.78. The maximum atomic E-state index is 13.3. The van der Waals surface area contributed by atoms with Crippen LogP contribution in [0.3, 0.4) is 0 Å². The molecule has 1 unspecified atom stereocenters. The minimum atomic E-state index is -0.346. The summed E-state index contributed by atoms with van der Waals surface area (Å²) in [6.07, 6.45) is 5.60. The Bertz CT molecular complexity index is 444.